The summed E-state index contributed by atoms with van der Waals surface area (Å²) in [5.74, 6) is 0.831. The number of aromatic nitrogens is 3. The van der Waals surface area contributed by atoms with Gasteiger partial charge in [0.15, 0.2) is 5.78 Å². The summed E-state index contributed by atoms with van der Waals surface area (Å²) in [6.45, 7) is 4.50. The molecule has 0 saturated carbocycles. The van der Waals surface area contributed by atoms with Crippen molar-refractivity contribution < 1.29 is 37.3 Å². The van der Waals surface area contributed by atoms with Crippen molar-refractivity contribution in [2.24, 2.45) is 0 Å². The first-order chi connectivity index (χ1) is 20.3. The van der Waals surface area contributed by atoms with Crippen molar-refractivity contribution in [2.45, 2.75) is 25.6 Å². The molecule has 9 nitrogen and oxygen atoms in total. The lowest BCUT2D eigenvalue weighted by Gasteiger charge is -2.26. The van der Waals surface area contributed by atoms with Gasteiger partial charge in [-0.15, -0.1) is 0 Å². The number of aliphatic hydroxyl groups excluding tert-OH is 1. The number of aliphatic hydroxyl groups is 1. The molecule has 0 radical (unpaired) electrons. The molecule has 1 fully saturated rings. The third kappa shape index (κ3) is 7.38. The minimum absolute atomic E-state index is 0.220. The molecule has 0 amide bonds. The van der Waals surface area contributed by atoms with Crippen molar-refractivity contribution in [3.63, 3.8) is 0 Å². The number of fused-ring (bicyclic) bond motifs is 1. The highest BCUT2D eigenvalue weighted by Crippen LogP contribution is 2.33. The molecule has 1 aromatic carbocycles. The number of morpholine rings is 1. The summed E-state index contributed by atoms with van der Waals surface area (Å²) < 4.78 is 56.3. The van der Waals surface area contributed by atoms with Crippen LogP contribution in [0.1, 0.15) is 33.7 Å². The normalized spacial score (nSPS) is 14.2. The molecule has 1 saturated heterocycles. The number of alkyl halides is 3. The molecule has 3 aromatic heterocycles. The Morgan fingerprint density at radius 2 is 1.81 bits per heavy atom. The predicted octanol–water partition coefficient (Wildman–Crippen LogP) is 4.85. The Hall–Kier alpha value is -4.13. The molecule has 0 atom stereocenters. The lowest BCUT2D eigenvalue weighted by molar-refractivity contribution is -0.137. The van der Waals surface area contributed by atoms with Crippen LogP contribution in [0.25, 0.3) is 10.9 Å². The second kappa shape index (κ2) is 13.2. The van der Waals surface area contributed by atoms with Crippen LogP contribution in [0.2, 0.25) is 0 Å². The van der Waals surface area contributed by atoms with Gasteiger partial charge in [0.05, 0.1) is 50.1 Å². The standard InChI is InChI=1S/C30H29F3N4O5/c31-30(32,33)21-4-6-35-26(15-21)27(39)16-22-2-3-23(18-36-22)42-28-5-7-34-25-17-29(20(19-38)14-24(25)28)41-11-1-8-37-9-12-40-13-10-37/h2-7,14-15,17-18,38H,1,8-13,16,19H2. The highest BCUT2D eigenvalue weighted by Gasteiger charge is 2.31. The number of hydrogen-bond donors (Lipinski definition) is 1. The molecule has 1 N–H and O–H groups in total. The van der Waals surface area contributed by atoms with Crippen molar-refractivity contribution in [1.29, 1.82) is 0 Å². The highest BCUT2D eigenvalue weighted by molar-refractivity contribution is 5.95. The summed E-state index contributed by atoms with van der Waals surface area (Å²) in [6.07, 6.45) is 0.0339. The number of carbonyl (C=O) groups excluding carboxylic acids is 1. The Balaban J connectivity index is 1.23. The first kappa shape index (κ1) is 29.4. The van der Waals surface area contributed by atoms with Gasteiger partial charge in [0.2, 0.25) is 0 Å². The molecule has 1 aliphatic rings. The van der Waals surface area contributed by atoms with E-state index in [4.69, 9.17) is 14.2 Å². The van der Waals surface area contributed by atoms with E-state index >= 15 is 0 Å². The van der Waals surface area contributed by atoms with Crippen molar-refractivity contribution in [3.05, 3.63) is 83.6 Å². The van der Waals surface area contributed by atoms with Gasteiger partial charge in [-0.05, 0) is 42.8 Å². The Kier molecular flexibility index (Phi) is 9.25. The first-order valence-electron chi connectivity index (χ1n) is 13.4. The van der Waals surface area contributed by atoms with Crippen LogP contribution in [0.4, 0.5) is 13.2 Å². The average Bonchev–Trinajstić information content (AvgIpc) is 3.00. The third-order valence-electron chi connectivity index (χ3n) is 6.77. The fourth-order valence-corrected chi connectivity index (χ4v) is 4.55. The van der Waals surface area contributed by atoms with Gasteiger partial charge in [0.1, 0.15) is 22.9 Å². The van der Waals surface area contributed by atoms with E-state index in [-0.39, 0.29) is 18.7 Å². The minimum Gasteiger partial charge on any atom is -0.493 e. The molecule has 0 unspecified atom stereocenters. The maximum absolute atomic E-state index is 13.0. The van der Waals surface area contributed by atoms with Crippen molar-refractivity contribution in [2.75, 3.05) is 39.5 Å². The van der Waals surface area contributed by atoms with E-state index in [0.29, 0.717) is 46.0 Å². The molecule has 0 aliphatic carbocycles. The topological polar surface area (TPSA) is 107 Å². The summed E-state index contributed by atoms with van der Waals surface area (Å²) >= 11 is 0. The lowest BCUT2D eigenvalue weighted by atomic mass is 10.1. The summed E-state index contributed by atoms with van der Waals surface area (Å²) in [5, 5.41) is 10.7. The lowest BCUT2D eigenvalue weighted by Crippen LogP contribution is -2.37. The van der Waals surface area contributed by atoms with E-state index in [0.717, 1.165) is 57.6 Å². The SMILES string of the molecule is O=C(Cc1ccc(Oc2ccnc3cc(OCCCN4CCOCC4)c(CO)cc23)cn1)c1cc(C(F)(F)F)ccn1. The van der Waals surface area contributed by atoms with Crippen molar-refractivity contribution in [1.82, 2.24) is 19.9 Å². The molecule has 0 bridgehead atoms. The molecule has 4 aromatic rings. The highest BCUT2D eigenvalue weighted by atomic mass is 19.4. The quantitative estimate of drug-likeness (QED) is 0.196. The molecule has 12 heteroatoms. The zero-order valence-corrected chi connectivity index (χ0v) is 22.6. The number of ether oxygens (including phenoxy) is 3. The van der Waals surface area contributed by atoms with Gasteiger partial charge in [-0.25, -0.2) is 0 Å². The van der Waals surface area contributed by atoms with Crippen molar-refractivity contribution in [3.8, 4) is 17.2 Å². The van der Waals surface area contributed by atoms with E-state index < -0.39 is 17.5 Å². The Morgan fingerprint density at radius 3 is 2.55 bits per heavy atom. The minimum atomic E-state index is -4.57. The van der Waals surface area contributed by atoms with Crippen LogP contribution in [-0.2, 0) is 23.9 Å². The number of halogens is 3. The fourth-order valence-electron chi connectivity index (χ4n) is 4.55. The van der Waals surface area contributed by atoms with E-state index in [1.165, 1.54) is 6.20 Å². The Labute approximate surface area is 239 Å². The average molecular weight is 583 g/mol. The van der Waals surface area contributed by atoms with Gasteiger partial charge >= 0.3 is 6.18 Å². The van der Waals surface area contributed by atoms with Gasteiger partial charge in [-0.1, -0.05) is 0 Å². The molecule has 42 heavy (non-hydrogen) atoms. The monoisotopic (exact) mass is 582 g/mol. The predicted molar refractivity (Wildman–Crippen MR) is 147 cm³/mol. The second-order valence-electron chi connectivity index (χ2n) is 9.72. The largest absolute Gasteiger partial charge is 0.493 e. The molecular formula is C30H29F3N4O5. The molecule has 1 aliphatic heterocycles. The van der Waals surface area contributed by atoms with Crippen LogP contribution in [0.5, 0.6) is 17.2 Å². The first-order valence-corrected chi connectivity index (χ1v) is 13.4. The fraction of sp³-hybridized carbons (Fsp3) is 0.333. The number of benzene rings is 1. The number of Topliss-reactive ketones (excluding diaryl/α,β-unsaturated/α-hetero) is 1. The summed E-state index contributed by atoms with van der Waals surface area (Å²) in [4.78, 5) is 27.3. The maximum atomic E-state index is 13.0. The molecule has 0 spiro atoms. The summed E-state index contributed by atoms with van der Waals surface area (Å²) in [5.41, 5.74) is 0.354. The van der Waals surface area contributed by atoms with Crippen molar-refractivity contribution >= 4 is 16.7 Å². The summed E-state index contributed by atoms with van der Waals surface area (Å²) in [6, 6.07) is 9.95. The van der Waals surface area contributed by atoms with Gasteiger partial charge in [-0.3, -0.25) is 24.6 Å². The molecule has 220 valence electrons. The van der Waals surface area contributed by atoms with Crippen LogP contribution in [-0.4, -0.2) is 70.2 Å². The van der Waals surface area contributed by atoms with E-state index in [1.54, 1.807) is 36.5 Å². The van der Waals surface area contributed by atoms with Gasteiger partial charge in [-0.2, -0.15) is 13.2 Å². The van der Waals surface area contributed by atoms with Crippen LogP contribution in [0.15, 0.2) is 61.1 Å². The second-order valence-corrected chi connectivity index (χ2v) is 9.72. The summed E-state index contributed by atoms with van der Waals surface area (Å²) in [7, 11) is 0. The molecule has 5 rings (SSSR count). The van der Waals surface area contributed by atoms with Crippen LogP contribution in [0.3, 0.4) is 0 Å². The van der Waals surface area contributed by atoms with Crippen LogP contribution in [0, 0.1) is 0 Å². The molecule has 4 heterocycles. The smallest absolute Gasteiger partial charge is 0.416 e. The Bertz CT molecular complexity index is 1530. The van der Waals surface area contributed by atoms with E-state index in [2.05, 4.69) is 19.9 Å². The van der Waals surface area contributed by atoms with Crippen LogP contribution >= 0.6 is 0 Å². The third-order valence-corrected chi connectivity index (χ3v) is 6.77. The number of hydrogen-bond acceptors (Lipinski definition) is 9. The zero-order valence-electron chi connectivity index (χ0n) is 22.6. The number of rotatable bonds is 11. The van der Waals surface area contributed by atoms with E-state index in [9.17, 15) is 23.1 Å². The Morgan fingerprint density at radius 1 is 1.00 bits per heavy atom. The number of pyridine rings is 3. The number of carbonyl (C=O) groups is 1. The number of nitrogens with zero attached hydrogens (tertiary/aromatic N) is 4. The van der Waals surface area contributed by atoms with Gasteiger partial charge < -0.3 is 19.3 Å². The van der Waals surface area contributed by atoms with Crippen LogP contribution < -0.4 is 9.47 Å². The van der Waals surface area contributed by atoms with E-state index in [1.807, 2.05) is 0 Å². The maximum Gasteiger partial charge on any atom is 0.416 e. The zero-order chi connectivity index (χ0) is 29.5. The number of ketones is 1. The van der Waals surface area contributed by atoms with Gasteiger partial charge in [0.25, 0.3) is 0 Å². The molecular weight excluding hydrogens is 553 g/mol. The van der Waals surface area contributed by atoms with Gasteiger partial charge in [0, 0.05) is 54.7 Å².